The fourth-order valence-corrected chi connectivity index (χ4v) is 3.84. The van der Waals surface area contributed by atoms with Crippen molar-refractivity contribution in [3.8, 4) is 0 Å². The quantitative estimate of drug-likeness (QED) is 0.809. The van der Waals surface area contributed by atoms with Crippen LogP contribution in [0.1, 0.15) is 31.7 Å². The monoisotopic (exact) mass is 289 g/mol. The average Bonchev–Trinajstić information content (AvgIpc) is 2.65. The van der Waals surface area contributed by atoms with Crippen LogP contribution in [0.25, 0.3) is 0 Å². The molecule has 1 aromatic heterocycles. The van der Waals surface area contributed by atoms with E-state index in [9.17, 15) is 13.2 Å². The largest absolute Gasteiger partial charge is 0.480 e. The van der Waals surface area contributed by atoms with Gasteiger partial charge in [0.15, 0.2) is 0 Å². The minimum absolute atomic E-state index is 0.0639. The first-order valence-electron chi connectivity index (χ1n) is 5.97. The summed E-state index contributed by atoms with van der Waals surface area (Å²) in [4.78, 5) is 11.0. The number of H-pyrrole nitrogens is 1. The number of aromatic nitrogens is 2. The van der Waals surface area contributed by atoms with Crippen molar-refractivity contribution in [3.05, 3.63) is 11.4 Å². The zero-order valence-electron chi connectivity index (χ0n) is 11.5. The predicted octanol–water partition coefficient (Wildman–Crippen LogP) is 0.900. The fourth-order valence-electron chi connectivity index (χ4n) is 1.85. The van der Waals surface area contributed by atoms with Crippen LogP contribution in [0.5, 0.6) is 0 Å². The van der Waals surface area contributed by atoms with Crippen LogP contribution in [0.2, 0.25) is 0 Å². The predicted molar refractivity (Wildman–Crippen MR) is 69.3 cm³/mol. The van der Waals surface area contributed by atoms with Gasteiger partial charge in [0.25, 0.3) is 0 Å². The summed E-state index contributed by atoms with van der Waals surface area (Å²) in [6, 6.07) is -0.394. The summed E-state index contributed by atoms with van der Waals surface area (Å²) < 4.78 is 26.1. The number of carbonyl (C=O) groups is 1. The number of carboxylic acid groups (broad SMARTS) is 1. The summed E-state index contributed by atoms with van der Waals surface area (Å²) >= 11 is 0. The van der Waals surface area contributed by atoms with Gasteiger partial charge < -0.3 is 5.11 Å². The van der Waals surface area contributed by atoms with Gasteiger partial charge in [-0.15, -0.1) is 0 Å². The van der Waals surface area contributed by atoms with E-state index in [0.29, 0.717) is 17.8 Å². The summed E-state index contributed by atoms with van der Waals surface area (Å²) in [5.41, 5.74) is 0.757. The van der Waals surface area contributed by atoms with E-state index in [2.05, 4.69) is 10.2 Å². The van der Waals surface area contributed by atoms with E-state index in [0.717, 1.165) is 4.31 Å². The lowest BCUT2D eigenvalue weighted by Gasteiger charge is -2.26. The van der Waals surface area contributed by atoms with Crippen LogP contribution < -0.4 is 0 Å². The number of sulfonamides is 1. The van der Waals surface area contributed by atoms with Crippen LogP contribution in [0.3, 0.4) is 0 Å². The standard InChI is InChI=1S/C11H19N3O4S/c1-5-7(2)14(6-10(15)16)19(17,18)11-8(3)12-13-9(11)4/h7H,5-6H2,1-4H3,(H,12,13)(H,15,16). The van der Waals surface area contributed by atoms with Gasteiger partial charge in [-0.1, -0.05) is 6.92 Å². The molecular formula is C11H19N3O4S. The lowest BCUT2D eigenvalue weighted by atomic mass is 10.2. The van der Waals surface area contributed by atoms with E-state index in [-0.39, 0.29) is 4.90 Å². The first-order chi connectivity index (χ1) is 8.71. The minimum atomic E-state index is -3.87. The highest BCUT2D eigenvalue weighted by Gasteiger charge is 2.33. The SMILES string of the molecule is CCC(C)N(CC(=O)O)S(=O)(=O)c1c(C)n[nH]c1C. The molecule has 0 aromatic carbocycles. The van der Waals surface area contributed by atoms with Crippen molar-refractivity contribution in [2.24, 2.45) is 0 Å². The lowest BCUT2D eigenvalue weighted by molar-refractivity contribution is -0.137. The summed E-state index contributed by atoms with van der Waals surface area (Å²) in [7, 11) is -3.87. The zero-order valence-corrected chi connectivity index (χ0v) is 12.3. The highest BCUT2D eigenvalue weighted by molar-refractivity contribution is 7.89. The highest BCUT2D eigenvalue weighted by atomic mass is 32.2. The molecule has 1 aromatic rings. The van der Waals surface area contributed by atoms with E-state index in [4.69, 9.17) is 5.11 Å². The van der Waals surface area contributed by atoms with Gasteiger partial charge in [0, 0.05) is 6.04 Å². The van der Waals surface area contributed by atoms with Crippen molar-refractivity contribution < 1.29 is 18.3 Å². The summed E-state index contributed by atoms with van der Waals surface area (Å²) in [5.74, 6) is -1.18. The molecule has 0 aliphatic carbocycles. The molecule has 0 bridgehead atoms. The Balaban J connectivity index is 3.31. The Morgan fingerprint density at radius 3 is 2.42 bits per heavy atom. The normalized spacial score (nSPS) is 13.7. The Morgan fingerprint density at radius 1 is 1.47 bits per heavy atom. The van der Waals surface area contributed by atoms with Crippen LogP contribution in [-0.2, 0) is 14.8 Å². The number of hydrogen-bond donors (Lipinski definition) is 2. The summed E-state index contributed by atoms with van der Waals surface area (Å²) in [6.45, 7) is 6.12. The Morgan fingerprint density at radius 2 is 2.05 bits per heavy atom. The maximum Gasteiger partial charge on any atom is 0.318 e. The van der Waals surface area contributed by atoms with E-state index in [1.165, 1.54) is 0 Å². The molecule has 0 fully saturated rings. The van der Waals surface area contributed by atoms with Gasteiger partial charge in [0.1, 0.15) is 11.4 Å². The van der Waals surface area contributed by atoms with Crippen LogP contribution >= 0.6 is 0 Å². The fraction of sp³-hybridized carbons (Fsp3) is 0.636. The molecule has 0 saturated carbocycles. The smallest absolute Gasteiger partial charge is 0.318 e. The second-order valence-electron chi connectivity index (χ2n) is 4.46. The van der Waals surface area contributed by atoms with Crippen molar-refractivity contribution in [1.82, 2.24) is 14.5 Å². The molecule has 2 N–H and O–H groups in total. The van der Waals surface area contributed by atoms with E-state index in [1.807, 2.05) is 6.92 Å². The van der Waals surface area contributed by atoms with Crippen molar-refractivity contribution in [1.29, 1.82) is 0 Å². The molecule has 7 nitrogen and oxygen atoms in total. The number of carboxylic acids is 1. The zero-order chi connectivity index (χ0) is 14.8. The van der Waals surface area contributed by atoms with Crippen LogP contribution in [0, 0.1) is 13.8 Å². The third-order valence-corrected chi connectivity index (χ3v) is 5.22. The Bertz CT molecular complexity index is 545. The van der Waals surface area contributed by atoms with Gasteiger partial charge in [-0.3, -0.25) is 9.89 Å². The Kier molecular flexibility index (Phi) is 4.70. The van der Waals surface area contributed by atoms with Crippen LogP contribution in [0.4, 0.5) is 0 Å². The second kappa shape index (κ2) is 5.70. The lowest BCUT2D eigenvalue weighted by Crippen LogP contribution is -2.42. The second-order valence-corrected chi connectivity index (χ2v) is 6.29. The van der Waals surface area contributed by atoms with Gasteiger partial charge in [-0.2, -0.15) is 9.40 Å². The first-order valence-corrected chi connectivity index (χ1v) is 7.41. The van der Waals surface area contributed by atoms with E-state index < -0.39 is 28.6 Å². The molecule has 0 radical (unpaired) electrons. The number of aliphatic carboxylic acids is 1. The van der Waals surface area contributed by atoms with Crippen LogP contribution in [-0.4, -0.2) is 46.6 Å². The average molecular weight is 289 g/mol. The van der Waals surface area contributed by atoms with Crippen LogP contribution in [0.15, 0.2) is 4.90 Å². The molecule has 1 heterocycles. The molecule has 1 rings (SSSR count). The molecule has 0 saturated heterocycles. The van der Waals surface area contributed by atoms with E-state index >= 15 is 0 Å². The van der Waals surface area contributed by atoms with Crippen molar-refractivity contribution in [3.63, 3.8) is 0 Å². The third-order valence-electron chi connectivity index (χ3n) is 3.00. The molecular weight excluding hydrogens is 270 g/mol. The Hall–Kier alpha value is -1.41. The van der Waals surface area contributed by atoms with Gasteiger partial charge in [0.2, 0.25) is 10.0 Å². The van der Waals surface area contributed by atoms with Gasteiger partial charge in [-0.05, 0) is 27.2 Å². The molecule has 0 amide bonds. The number of nitrogens with one attached hydrogen (secondary N) is 1. The Labute approximate surface area is 112 Å². The summed E-state index contributed by atoms with van der Waals surface area (Å²) in [5, 5.41) is 15.4. The van der Waals surface area contributed by atoms with Crippen molar-refractivity contribution in [2.75, 3.05) is 6.54 Å². The molecule has 8 heteroatoms. The molecule has 108 valence electrons. The van der Waals surface area contributed by atoms with Gasteiger partial charge in [-0.25, -0.2) is 8.42 Å². The number of rotatable bonds is 6. The molecule has 19 heavy (non-hydrogen) atoms. The molecule has 0 aliphatic heterocycles. The van der Waals surface area contributed by atoms with Crippen molar-refractivity contribution in [2.45, 2.75) is 45.1 Å². The molecule has 0 spiro atoms. The highest BCUT2D eigenvalue weighted by Crippen LogP contribution is 2.24. The first kappa shape index (κ1) is 15.6. The molecule has 0 aliphatic rings. The number of nitrogens with zero attached hydrogens (tertiary/aromatic N) is 2. The van der Waals surface area contributed by atoms with Crippen molar-refractivity contribution >= 4 is 16.0 Å². The molecule has 1 atom stereocenters. The number of aryl methyl sites for hydroxylation is 2. The van der Waals surface area contributed by atoms with E-state index in [1.54, 1.807) is 20.8 Å². The van der Waals surface area contributed by atoms with Gasteiger partial charge in [0.05, 0.1) is 11.4 Å². The summed E-state index contributed by atoms with van der Waals surface area (Å²) in [6.07, 6.45) is 0.530. The topological polar surface area (TPSA) is 103 Å². The third kappa shape index (κ3) is 3.13. The number of aromatic amines is 1. The van der Waals surface area contributed by atoms with Gasteiger partial charge >= 0.3 is 5.97 Å². The number of hydrogen-bond acceptors (Lipinski definition) is 4. The maximum absolute atomic E-state index is 12.6. The minimum Gasteiger partial charge on any atom is -0.480 e. The molecule has 1 unspecified atom stereocenters. The maximum atomic E-state index is 12.6.